The quantitative estimate of drug-likeness (QED) is 0.309. The van der Waals surface area contributed by atoms with Crippen molar-refractivity contribution >= 4 is 39.4 Å². The van der Waals surface area contributed by atoms with E-state index in [4.69, 9.17) is 9.47 Å². The molecule has 8 nitrogen and oxygen atoms in total. The van der Waals surface area contributed by atoms with Gasteiger partial charge in [0, 0.05) is 16.5 Å². The molecule has 0 aliphatic carbocycles. The number of carbonyl (C=O) groups is 2. The number of esters is 1. The first kappa shape index (κ1) is 22.3. The van der Waals surface area contributed by atoms with E-state index in [1.54, 1.807) is 25.3 Å². The summed E-state index contributed by atoms with van der Waals surface area (Å²) >= 11 is 1.27. The Bertz CT molecular complexity index is 1490. The highest BCUT2D eigenvalue weighted by atomic mass is 32.1. The van der Waals surface area contributed by atoms with Gasteiger partial charge in [0.2, 0.25) is 0 Å². The molecule has 174 valence electrons. The van der Waals surface area contributed by atoms with E-state index in [1.165, 1.54) is 11.3 Å². The van der Waals surface area contributed by atoms with E-state index < -0.39 is 18.5 Å². The number of aromatic nitrogens is 3. The number of H-pyrrole nitrogens is 1. The summed E-state index contributed by atoms with van der Waals surface area (Å²) in [6, 6.07) is 22.1. The molecule has 0 saturated heterocycles. The first-order chi connectivity index (χ1) is 17.1. The molecule has 0 aliphatic rings. The molecular formula is C26H20N4O4S. The van der Waals surface area contributed by atoms with Crippen molar-refractivity contribution in [3.63, 3.8) is 0 Å². The number of hydrogen-bond acceptors (Lipinski definition) is 7. The lowest BCUT2D eigenvalue weighted by Gasteiger charge is -2.08. The number of nitrogens with zero attached hydrogens (tertiary/aromatic N) is 2. The van der Waals surface area contributed by atoms with Gasteiger partial charge in [0.1, 0.15) is 11.6 Å². The molecule has 5 rings (SSSR count). The second-order valence-corrected chi connectivity index (χ2v) is 8.37. The maximum Gasteiger partial charge on any atom is 0.339 e. The molecule has 0 fully saturated rings. The van der Waals surface area contributed by atoms with Crippen LogP contribution in [0.5, 0.6) is 5.75 Å². The molecule has 0 radical (unpaired) electrons. The van der Waals surface area contributed by atoms with Crippen LogP contribution in [0.1, 0.15) is 10.4 Å². The molecule has 0 saturated carbocycles. The first-order valence-corrected chi connectivity index (χ1v) is 11.6. The maximum atomic E-state index is 12.8. The first-order valence-electron chi connectivity index (χ1n) is 10.7. The molecule has 0 aliphatic heterocycles. The van der Waals surface area contributed by atoms with Gasteiger partial charge in [0.05, 0.1) is 29.4 Å². The van der Waals surface area contributed by atoms with E-state index in [1.807, 2.05) is 60.0 Å². The van der Waals surface area contributed by atoms with Gasteiger partial charge in [-0.2, -0.15) is 0 Å². The molecule has 35 heavy (non-hydrogen) atoms. The second kappa shape index (κ2) is 9.78. The average molecular weight is 485 g/mol. The smallest absolute Gasteiger partial charge is 0.339 e. The number of amides is 1. The predicted molar refractivity (Wildman–Crippen MR) is 135 cm³/mol. The minimum Gasteiger partial charge on any atom is -0.496 e. The van der Waals surface area contributed by atoms with Crippen molar-refractivity contribution < 1.29 is 19.1 Å². The zero-order valence-electron chi connectivity index (χ0n) is 18.6. The van der Waals surface area contributed by atoms with Gasteiger partial charge in [-0.05, 0) is 30.3 Å². The van der Waals surface area contributed by atoms with Crippen LogP contribution in [0, 0.1) is 0 Å². The van der Waals surface area contributed by atoms with Crippen molar-refractivity contribution in [1.29, 1.82) is 0 Å². The van der Waals surface area contributed by atoms with Crippen LogP contribution in [-0.2, 0) is 9.53 Å². The highest BCUT2D eigenvalue weighted by Gasteiger charge is 2.18. The van der Waals surface area contributed by atoms with Gasteiger partial charge in [-0.1, -0.05) is 42.5 Å². The number of benzene rings is 3. The number of hydrogen-bond donors (Lipinski definition) is 2. The fourth-order valence-electron chi connectivity index (χ4n) is 3.62. The average Bonchev–Trinajstić information content (AvgIpc) is 3.54. The summed E-state index contributed by atoms with van der Waals surface area (Å²) in [6.07, 6.45) is 0. The number of ether oxygens (including phenoxy) is 2. The molecule has 0 unspecified atom stereocenters. The van der Waals surface area contributed by atoms with Crippen molar-refractivity contribution in [2.75, 3.05) is 19.0 Å². The number of aromatic amines is 1. The largest absolute Gasteiger partial charge is 0.496 e. The Morgan fingerprint density at radius 1 is 0.943 bits per heavy atom. The van der Waals surface area contributed by atoms with Crippen LogP contribution in [0.2, 0.25) is 0 Å². The third-order valence-electron chi connectivity index (χ3n) is 5.26. The number of para-hydroxylation sites is 3. The molecule has 0 spiro atoms. The Labute approximate surface area is 204 Å². The van der Waals surface area contributed by atoms with E-state index >= 15 is 0 Å². The van der Waals surface area contributed by atoms with Gasteiger partial charge >= 0.3 is 5.97 Å². The SMILES string of the molecule is COc1ccccc1-c1csc(NC(=O)COC(=O)c2ccccc2-c2nc3ccccc3[nH]2)n1. The molecule has 2 N–H and O–H groups in total. The number of methoxy groups -OCH3 is 1. The fraction of sp³-hybridized carbons (Fsp3) is 0.0769. The Morgan fingerprint density at radius 3 is 2.51 bits per heavy atom. The molecule has 5 aromatic rings. The molecule has 0 atom stereocenters. The van der Waals surface area contributed by atoms with Crippen molar-refractivity contribution in [3.8, 4) is 28.4 Å². The minimum atomic E-state index is -0.620. The number of fused-ring (bicyclic) bond motifs is 1. The van der Waals surface area contributed by atoms with Crippen molar-refractivity contribution in [3.05, 3.63) is 83.7 Å². The van der Waals surface area contributed by atoms with E-state index in [0.717, 1.165) is 16.6 Å². The number of rotatable bonds is 7. The van der Waals surface area contributed by atoms with Crippen molar-refractivity contribution in [2.24, 2.45) is 0 Å². The van der Waals surface area contributed by atoms with Crippen LogP contribution < -0.4 is 10.1 Å². The highest BCUT2D eigenvalue weighted by Crippen LogP contribution is 2.32. The molecule has 1 amide bonds. The van der Waals surface area contributed by atoms with Gasteiger partial charge in [0.15, 0.2) is 11.7 Å². The summed E-state index contributed by atoms with van der Waals surface area (Å²) in [5, 5.41) is 4.89. The van der Waals surface area contributed by atoms with Crippen LogP contribution in [-0.4, -0.2) is 40.5 Å². The summed E-state index contributed by atoms with van der Waals surface area (Å²) in [5.41, 5.74) is 4.06. The lowest BCUT2D eigenvalue weighted by Crippen LogP contribution is -2.21. The maximum absolute atomic E-state index is 12.8. The third kappa shape index (κ3) is 4.75. The number of anilines is 1. The zero-order valence-corrected chi connectivity index (χ0v) is 19.5. The van der Waals surface area contributed by atoms with E-state index in [9.17, 15) is 9.59 Å². The molecule has 9 heteroatoms. The van der Waals surface area contributed by atoms with Gasteiger partial charge in [-0.25, -0.2) is 14.8 Å². The Kier molecular flexibility index (Phi) is 6.23. The lowest BCUT2D eigenvalue weighted by atomic mass is 10.1. The number of imidazole rings is 1. The summed E-state index contributed by atoms with van der Waals surface area (Å²) < 4.78 is 10.7. The van der Waals surface area contributed by atoms with E-state index in [2.05, 4.69) is 20.3 Å². The second-order valence-electron chi connectivity index (χ2n) is 7.51. The van der Waals surface area contributed by atoms with Gasteiger partial charge in [-0.15, -0.1) is 11.3 Å². The van der Waals surface area contributed by atoms with Crippen molar-refractivity contribution in [2.45, 2.75) is 0 Å². The zero-order chi connectivity index (χ0) is 24.2. The summed E-state index contributed by atoms with van der Waals surface area (Å²) in [4.78, 5) is 37.4. The topological polar surface area (TPSA) is 106 Å². The fourth-order valence-corrected chi connectivity index (χ4v) is 4.35. The predicted octanol–water partition coefficient (Wildman–Crippen LogP) is 5.16. The lowest BCUT2D eigenvalue weighted by molar-refractivity contribution is -0.119. The molecule has 2 aromatic heterocycles. The monoisotopic (exact) mass is 484 g/mol. The Balaban J connectivity index is 1.25. The van der Waals surface area contributed by atoms with Crippen LogP contribution in [0.25, 0.3) is 33.7 Å². The Morgan fingerprint density at radius 2 is 1.69 bits per heavy atom. The normalized spacial score (nSPS) is 10.8. The summed E-state index contributed by atoms with van der Waals surface area (Å²) in [5.74, 6) is 0.133. The summed E-state index contributed by atoms with van der Waals surface area (Å²) in [6.45, 7) is -0.448. The van der Waals surface area contributed by atoms with Gasteiger partial charge in [-0.3, -0.25) is 10.1 Å². The highest BCUT2D eigenvalue weighted by molar-refractivity contribution is 7.14. The van der Waals surface area contributed by atoms with Crippen molar-refractivity contribution in [1.82, 2.24) is 15.0 Å². The molecule has 3 aromatic carbocycles. The van der Waals surface area contributed by atoms with E-state index in [-0.39, 0.29) is 0 Å². The summed E-state index contributed by atoms with van der Waals surface area (Å²) in [7, 11) is 1.59. The number of thiazole rings is 1. The standard InChI is InChI=1S/C26H20N4O4S/c1-33-22-13-7-4-10-18(22)21-15-35-26(29-21)30-23(31)14-34-25(32)17-9-3-2-8-16(17)24-27-19-11-5-6-12-20(19)28-24/h2-13,15H,14H2,1H3,(H,27,28)(H,29,30,31). The number of carbonyl (C=O) groups excluding carboxylic acids is 2. The molecule has 0 bridgehead atoms. The third-order valence-corrected chi connectivity index (χ3v) is 6.02. The van der Waals surface area contributed by atoms with Crippen LogP contribution >= 0.6 is 11.3 Å². The van der Waals surface area contributed by atoms with Crippen LogP contribution in [0.15, 0.2) is 78.2 Å². The van der Waals surface area contributed by atoms with E-state index in [0.29, 0.717) is 33.5 Å². The van der Waals surface area contributed by atoms with Crippen LogP contribution in [0.3, 0.4) is 0 Å². The van der Waals surface area contributed by atoms with Crippen LogP contribution in [0.4, 0.5) is 5.13 Å². The Hall–Kier alpha value is -4.50. The molecular weight excluding hydrogens is 464 g/mol. The van der Waals surface area contributed by atoms with Gasteiger partial charge < -0.3 is 14.5 Å². The minimum absolute atomic E-state index is 0.312. The number of nitrogens with one attached hydrogen (secondary N) is 2. The van der Waals surface area contributed by atoms with Gasteiger partial charge in [0.25, 0.3) is 5.91 Å². The molecule has 2 heterocycles.